The minimum absolute atomic E-state index is 0. The van der Waals surface area contributed by atoms with Crippen LogP contribution in [-0.2, 0) is 0 Å². The van der Waals surface area contributed by atoms with E-state index in [-0.39, 0.29) is 25.3 Å². The molecular weight excluding hydrogens is 522 g/mol. The maximum Gasteiger partial charge on any atom is 0.251 e. The van der Waals surface area contributed by atoms with E-state index < -0.39 is 0 Å². The number of amides is 1. The van der Waals surface area contributed by atoms with E-state index in [1.54, 1.807) is 25.6 Å². The van der Waals surface area contributed by atoms with Crippen LogP contribution in [0.3, 0.4) is 0 Å². The first-order chi connectivity index (χ1) is 18.9. The number of pyridine rings is 1. The molecule has 1 saturated heterocycles. The zero-order valence-corrected chi connectivity index (χ0v) is 24.4. The normalized spacial score (nSPS) is 14.8. The molecule has 0 unspecified atom stereocenters. The summed E-state index contributed by atoms with van der Waals surface area (Å²) >= 11 is 0. The highest BCUT2D eigenvalue weighted by atomic mass is 32.1. The highest BCUT2D eigenvalue weighted by Gasteiger charge is 2.22. The summed E-state index contributed by atoms with van der Waals surface area (Å²) in [6.45, 7) is 4.96. The predicted molar refractivity (Wildman–Crippen MR) is 164 cm³/mol. The van der Waals surface area contributed by atoms with Crippen molar-refractivity contribution in [2.24, 2.45) is 0 Å². The fourth-order valence-electron chi connectivity index (χ4n) is 5.09. The Labute approximate surface area is 242 Å². The summed E-state index contributed by atoms with van der Waals surface area (Å²) in [5, 5.41) is 6.98. The number of fused-ring (bicyclic) bond motifs is 1. The number of hydrogen-bond acceptors (Lipinski definition) is 9. The van der Waals surface area contributed by atoms with Gasteiger partial charge in [-0.05, 0) is 44.6 Å². The number of benzene rings is 1. The number of nitrogens with zero attached hydrogens (tertiary/aromatic N) is 7. The van der Waals surface area contributed by atoms with Gasteiger partial charge >= 0.3 is 0 Å². The second kappa shape index (κ2) is 13.0. The minimum Gasteiger partial charge on any atom is -0.369 e. The summed E-state index contributed by atoms with van der Waals surface area (Å²) in [5.74, 6) is 1.46. The van der Waals surface area contributed by atoms with Crippen LogP contribution >= 0.6 is 13.5 Å². The number of piperidine rings is 1. The van der Waals surface area contributed by atoms with Crippen molar-refractivity contribution in [3.63, 3.8) is 0 Å². The van der Waals surface area contributed by atoms with Crippen molar-refractivity contribution in [1.82, 2.24) is 35.1 Å². The van der Waals surface area contributed by atoms with E-state index in [0.29, 0.717) is 18.2 Å². The number of carbonyl (C=O) groups excluding carboxylic acids is 1. The molecule has 0 aliphatic carbocycles. The Hall–Kier alpha value is -3.83. The molecule has 5 rings (SSSR count). The van der Waals surface area contributed by atoms with Crippen LogP contribution in [0.1, 0.15) is 41.6 Å². The number of aromatic nitrogens is 5. The maximum atomic E-state index is 12.3. The van der Waals surface area contributed by atoms with Gasteiger partial charge in [-0.1, -0.05) is 25.1 Å². The van der Waals surface area contributed by atoms with Crippen molar-refractivity contribution in [2.45, 2.75) is 31.7 Å². The van der Waals surface area contributed by atoms with Gasteiger partial charge in [-0.15, -0.1) is 0 Å². The number of carbonyl (C=O) groups is 1. The van der Waals surface area contributed by atoms with E-state index in [9.17, 15) is 4.79 Å². The summed E-state index contributed by atoms with van der Waals surface area (Å²) in [5.41, 5.74) is 4.12. The Morgan fingerprint density at radius 3 is 2.58 bits per heavy atom. The van der Waals surface area contributed by atoms with Gasteiger partial charge in [0.2, 0.25) is 5.95 Å². The summed E-state index contributed by atoms with van der Waals surface area (Å²) in [6, 6.07) is 10.1. The van der Waals surface area contributed by atoms with Crippen LogP contribution in [-0.4, -0.2) is 82.5 Å². The molecule has 1 aliphatic heterocycles. The molecule has 1 aromatic carbocycles. The number of hydrogen-bond donors (Lipinski definition) is 2. The zero-order chi connectivity index (χ0) is 27.4. The Kier molecular flexibility index (Phi) is 9.49. The van der Waals surface area contributed by atoms with E-state index in [1.807, 2.05) is 30.6 Å². The number of likely N-dealkylation sites (tertiary alicyclic amines) is 1. The lowest BCUT2D eigenvalue weighted by molar-refractivity contribution is 0.0964. The van der Waals surface area contributed by atoms with Crippen LogP contribution < -0.4 is 15.5 Å². The second-order valence-electron chi connectivity index (χ2n) is 10.2. The number of para-hydroxylation sites is 1. The summed E-state index contributed by atoms with van der Waals surface area (Å²) in [4.78, 5) is 39.6. The lowest BCUT2D eigenvalue weighted by atomic mass is 9.96. The van der Waals surface area contributed by atoms with E-state index in [1.165, 1.54) is 0 Å². The maximum absolute atomic E-state index is 12.3. The van der Waals surface area contributed by atoms with E-state index >= 15 is 0 Å². The van der Waals surface area contributed by atoms with Crippen LogP contribution in [0.15, 0.2) is 55.2 Å². The highest BCUT2D eigenvalue weighted by molar-refractivity contribution is 7.59. The van der Waals surface area contributed by atoms with Crippen LogP contribution in [0, 0.1) is 0 Å². The monoisotopic (exact) mass is 559 g/mol. The minimum atomic E-state index is -0.121. The number of anilines is 2. The SMILES string of the molecule is CNC(=O)c1ccnc2c([C@H](C)CNc3cc(-c4cnc(N(C)C5CCN(C)CC5)nc4)ncn3)cccc12.S. The van der Waals surface area contributed by atoms with Gasteiger partial charge in [0.15, 0.2) is 0 Å². The third-order valence-corrected chi connectivity index (χ3v) is 7.55. The van der Waals surface area contributed by atoms with Gasteiger partial charge in [0.25, 0.3) is 5.91 Å². The van der Waals surface area contributed by atoms with Crippen LogP contribution in [0.5, 0.6) is 0 Å². The van der Waals surface area contributed by atoms with Crippen molar-refractivity contribution in [3.8, 4) is 11.3 Å². The molecule has 3 aromatic heterocycles. The molecule has 10 nitrogen and oxygen atoms in total. The van der Waals surface area contributed by atoms with Gasteiger partial charge in [0, 0.05) is 68.2 Å². The molecule has 2 N–H and O–H groups in total. The molecule has 40 heavy (non-hydrogen) atoms. The first kappa shape index (κ1) is 29.2. The second-order valence-corrected chi connectivity index (χ2v) is 10.2. The zero-order valence-electron chi connectivity index (χ0n) is 23.4. The average Bonchev–Trinajstić information content (AvgIpc) is 2.99. The summed E-state index contributed by atoms with van der Waals surface area (Å²) in [6.07, 6.45) is 9.12. The van der Waals surface area contributed by atoms with Crippen molar-refractivity contribution in [1.29, 1.82) is 0 Å². The molecule has 0 radical (unpaired) electrons. The van der Waals surface area contributed by atoms with Crippen molar-refractivity contribution in [3.05, 3.63) is 66.4 Å². The topological polar surface area (TPSA) is 112 Å². The van der Waals surface area contributed by atoms with Crippen LogP contribution in [0.4, 0.5) is 11.8 Å². The van der Waals surface area contributed by atoms with Crippen LogP contribution in [0.2, 0.25) is 0 Å². The van der Waals surface area contributed by atoms with Gasteiger partial charge in [-0.25, -0.2) is 19.9 Å². The van der Waals surface area contributed by atoms with E-state index in [0.717, 1.165) is 65.4 Å². The predicted octanol–water partition coefficient (Wildman–Crippen LogP) is 3.70. The van der Waals surface area contributed by atoms with Gasteiger partial charge in [-0.2, -0.15) is 13.5 Å². The molecule has 0 bridgehead atoms. The quantitative estimate of drug-likeness (QED) is 0.334. The summed E-state index contributed by atoms with van der Waals surface area (Å²) in [7, 11) is 5.87. The van der Waals surface area contributed by atoms with Gasteiger partial charge in [0.1, 0.15) is 12.1 Å². The van der Waals surface area contributed by atoms with Gasteiger partial charge < -0.3 is 20.4 Å². The highest BCUT2D eigenvalue weighted by Crippen LogP contribution is 2.27. The molecule has 1 fully saturated rings. The average molecular weight is 560 g/mol. The van der Waals surface area contributed by atoms with Crippen molar-refractivity contribution < 1.29 is 4.79 Å². The first-order valence-electron chi connectivity index (χ1n) is 13.3. The Morgan fingerprint density at radius 1 is 1.10 bits per heavy atom. The fourth-order valence-corrected chi connectivity index (χ4v) is 5.09. The molecule has 11 heteroatoms. The first-order valence-corrected chi connectivity index (χ1v) is 13.3. The third-order valence-electron chi connectivity index (χ3n) is 7.55. The number of nitrogens with one attached hydrogen (secondary N) is 2. The molecule has 0 spiro atoms. The molecule has 4 heterocycles. The standard InChI is InChI=1S/C29H35N9O.H2S/c1-19(22-6-5-7-23-24(28(39)30-2)8-11-31-27(22)23)15-32-26-14-25(35-18-36-26)20-16-33-29(34-17-20)38(4)21-9-12-37(3)13-10-21;/h5-8,11,14,16-19,21H,9-10,12-13,15H2,1-4H3,(H,30,39)(H,32,35,36);1H2/t19-;/m1./s1. The van der Waals surface area contributed by atoms with Crippen molar-refractivity contribution >= 4 is 42.1 Å². The lowest BCUT2D eigenvalue weighted by Crippen LogP contribution is -2.42. The van der Waals surface area contributed by atoms with Gasteiger partial charge in [-0.3, -0.25) is 9.78 Å². The largest absolute Gasteiger partial charge is 0.369 e. The molecule has 4 aromatic rings. The van der Waals surface area contributed by atoms with Crippen molar-refractivity contribution in [2.75, 3.05) is 51.0 Å². The third kappa shape index (κ3) is 6.31. The summed E-state index contributed by atoms with van der Waals surface area (Å²) < 4.78 is 0. The van der Waals surface area contributed by atoms with Gasteiger partial charge in [0.05, 0.1) is 16.8 Å². The molecule has 1 aliphatic rings. The molecule has 210 valence electrons. The molecular formula is C29H37N9OS. The fraction of sp³-hybridized carbons (Fsp3) is 0.379. The van der Waals surface area contributed by atoms with Crippen LogP contribution in [0.25, 0.3) is 22.2 Å². The Morgan fingerprint density at radius 2 is 1.85 bits per heavy atom. The van der Waals surface area contributed by atoms with E-state index in [4.69, 9.17) is 0 Å². The van der Waals surface area contributed by atoms with E-state index in [2.05, 4.69) is 72.4 Å². The number of rotatable bonds is 8. The molecule has 1 amide bonds. The molecule has 1 atom stereocenters. The molecule has 0 saturated carbocycles. The lowest BCUT2D eigenvalue weighted by Gasteiger charge is -2.35. The smallest absolute Gasteiger partial charge is 0.251 e. The Bertz CT molecular complexity index is 1440. The Balaban J connectivity index is 0.00000370.